The summed E-state index contributed by atoms with van der Waals surface area (Å²) < 4.78 is 14.3. The fourth-order valence-electron chi connectivity index (χ4n) is 1.64. The Morgan fingerprint density at radius 3 is 3.00 bits per heavy atom. The van der Waals surface area contributed by atoms with E-state index in [4.69, 9.17) is 0 Å². The van der Waals surface area contributed by atoms with E-state index in [1.807, 2.05) is 6.07 Å². The van der Waals surface area contributed by atoms with Crippen LogP contribution in [0.5, 0.6) is 0 Å². The summed E-state index contributed by atoms with van der Waals surface area (Å²) in [6, 6.07) is 3.59. The summed E-state index contributed by atoms with van der Waals surface area (Å²) in [5, 5.41) is 0.444. The molecule has 0 radical (unpaired) electrons. The van der Waals surface area contributed by atoms with E-state index in [1.54, 1.807) is 12.3 Å². The zero-order valence-corrected chi connectivity index (χ0v) is 9.05. The second-order valence-corrected chi connectivity index (χ2v) is 4.11. The first-order valence-electron chi connectivity index (χ1n) is 4.33. The molecule has 0 unspecified atom stereocenters. The molecular weight excluding hydrogens is 261 g/mol. The Morgan fingerprint density at radius 2 is 2.13 bits per heavy atom. The van der Waals surface area contributed by atoms with Gasteiger partial charge >= 0.3 is 0 Å². The van der Waals surface area contributed by atoms with Crippen LogP contribution in [0.3, 0.4) is 0 Å². The van der Waals surface area contributed by atoms with Crippen LogP contribution in [0.15, 0.2) is 29.0 Å². The number of rotatable bonds is 0. The smallest absolute Gasteiger partial charge is 0.224 e. The Morgan fingerprint density at radius 1 is 1.27 bits per heavy atom. The van der Waals surface area contributed by atoms with Crippen molar-refractivity contribution >= 4 is 37.9 Å². The van der Waals surface area contributed by atoms with Crippen molar-refractivity contribution in [2.24, 2.45) is 0 Å². The zero-order valence-electron chi connectivity index (χ0n) is 7.46. The van der Waals surface area contributed by atoms with Crippen LogP contribution in [0.4, 0.5) is 4.39 Å². The number of pyridine rings is 2. The van der Waals surface area contributed by atoms with Crippen LogP contribution in [-0.2, 0) is 0 Å². The van der Waals surface area contributed by atoms with Gasteiger partial charge in [0.2, 0.25) is 5.95 Å². The Bertz CT molecular complexity index is 662. The van der Waals surface area contributed by atoms with Gasteiger partial charge in [-0.1, -0.05) is 0 Å². The van der Waals surface area contributed by atoms with E-state index in [-0.39, 0.29) is 0 Å². The molecule has 1 N–H and O–H groups in total. The normalized spacial score (nSPS) is 11.3. The van der Waals surface area contributed by atoms with Gasteiger partial charge in [0, 0.05) is 16.9 Å². The average Bonchev–Trinajstić information content (AvgIpc) is 2.56. The van der Waals surface area contributed by atoms with Crippen molar-refractivity contribution in [1.29, 1.82) is 0 Å². The molecule has 0 aliphatic carbocycles. The van der Waals surface area contributed by atoms with Crippen molar-refractivity contribution in [3.05, 3.63) is 34.9 Å². The summed E-state index contributed by atoms with van der Waals surface area (Å²) in [7, 11) is 0. The van der Waals surface area contributed by atoms with Gasteiger partial charge < -0.3 is 4.98 Å². The zero-order chi connectivity index (χ0) is 10.4. The van der Waals surface area contributed by atoms with Gasteiger partial charge in [-0.05, 0) is 28.1 Å². The highest BCUT2D eigenvalue weighted by atomic mass is 79.9. The predicted octanol–water partition coefficient (Wildman–Crippen LogP) is 3.01. The highest BCUT2D eigenvalue weighted by Gasteiger charge is 2.10. The highest BCUT2D eigenvalue weighted by Crippen LogP contribution is 2.26. The van der Waals surface area contributed by atoms with E-state index in [0.717, 1.165) is 9.99 Å². The second kappa shape index (κ2) is 3.00. The number of nitrogens with zero attached hydrogens (tertiary/aromatic N) is 2. The molecule has 0 aromatic carbocycles. The molecule has 15 heavy (non-hydrogen) atoms. The Hall–Kier alpha value is -1.49. The maximum absolute atomic E-state index is 13.5. The van der Waals surface area contributed by atoms with Crippen molar-refractivity contribution in [1.82, 2.24) is 15.0 Å². The molecule has 3 heterocycles. The molecule has 0 amide bonds. The number of aromatic nitrogens is 3. The Labute approximate surface area is 92.5 Å². The van der Waals surface area contributed by atoms with Gasteiger partial charge in [0.05, 0.1) is 16.4 Å². The van der Waals surface area contributed by atoms with Gasteiger partial charge in [-0.2, -0.15) is 4.39 Å². The summed E-state index contributed by atoms with van der Waals surface area (Å²) in [4.78, 5) is 10.9. The SMILES string of the molecule is Fc1nccc2[nH]c3cc(Br)cnc3c12. The summed E-state index contributed by atoms with van der Waals surface area (Å²) in [6.07, 6.45) is 3.07. The van der Waals surface area contributed by atoms with Crippen LogP contribution in [0.25, 0.3) is 21.9 Å². The third-order valence-corrected chi connectivity index (χ3v) is 2.70. The molecule has 0 spiro atoms. The Kier molecular flexibility index (Phi) is 1.76. The van der Waals surface area contributed by atoms with Crippen LogP contribution in [0.1, 0.15) is 0 Å². The molecule has 3 rings (SSSR count). The van der Waals surface area contributed by atoms with Crippen molar-refractivity contribution in [2.45, 2.75) is 0 Å². The lowest BCUT2D eigenvalue weighted by Gasteiger charge is -1.91. The van der Waals surface area contributed by atoms with Gasteiger partial charge in [-0.25, -0.2) is 4.98 Å². The topological polar surface area (TPSA) is 41.6 Å². The number of hydrogen-bond acceptors (Lipinski definition) is 2. The summed E-state index contributed by atoms with van der Waals surface area (Å²) >= 11 is 3.32. The van der Waals surface area contributed by atoms with E-state index in [1.165, 1.54) is 6.20 Å². The van der Waals surface area contributed by atoms with Crippen molar-refractivity contribution < 1.29 is 4.39 Å². The summed E-state index contributed by atoms with van der Waals surface area (Å²) in [5.41, 5.74) is 2.12. The van der Waals surface area contributed by atoms with E-state index in [0.29, 0.717) is 16.4 Å². The lowest BCUT2D eigenvalue weighted by molar-refractivity contribution is 0.597. The van der Waals surface area contributed by atoms with Crippen molar-refractivity contribution in [2.75, 3.05) is 0 Å². The van der Waals surface area contributed by atoms with Crippen LogP contribution in [0.2, 0.25) is 0 Å². The number of H-pyrrole nitrogens is 1. The third-order valence-electron chi connectivity index (χ3n) is 2.27. The molecule has 0 aliphatic rings. The lowest BCUT2D eigenvalue weighted by atomic mass is 10.3. The molecule has 0 saturated heterocycles. The predicted molar refractivity (Wildman–Crippen MR) is 59.1 cm³/mol. The number of aromatic amines is 1. The fourth-order valence-corrected chi connectivity index (χ4v) is 1.98. The molecule has 3 aromatic heterocycles. The first kappa shape index (κ1) is 8.79. The minimum absolute atomic E-state index is 0.444. The lowest BCUT2D eigenvalue weighted by Crippen LogP contribution is -1.82. The molecule has 0 atom stereocenters. The van der Waals surface area contributed by atoms with E-state index < -0.39 is 5.95 Å². The maximum Gasteiger partial charge on any atom is 0.224 e. The summed E-state index contributed by atoms with van der Waals surface area (Å²) in [6.45, 7) is 0. The van der Waals surface area contributed by atoms with Crippen LogP contribution in [0, 0.1) is 5.95 Å². The number of halogens is 2. The number of nitrogens with one attached hydrogen (secondary N) is 1. The van der Waals surface area contributed by atoms with Gasteiger partial charge in [0.1, 0.15) is 5.52 Å². The van der Waals surface area contributed by atoms with Crippen LogP contribution in [-0.4, -0.2) is 15.0 Å². The van der Waals surface area contributed by atoms with Crippen LogP contribution >= 0.6 is 15.9 Å². The van der Waals surface area contributed by atoms with E-state index in [2.05, 4.69) is 30.9 Å². The van der Waals surface area contributed by atoms with E-state index in [9.17, 15) is 4.39 Å². The molecule has 3 nitrogen and oxygen atoms in total. The first-order chi connectivity index (χ1) is 7.25. The molecule has 74 valence electrons. The highest BCUT2D eigenvalue weighted by molar-refractivity contribution is 9.10. The van der Waals surface area contributed by atoms with Gasteiger partial charge in [0.15, 0.2) is 0 Å². The quantitative estimate of drug-likeness (QED) is 0.635. The fraction of sp³-hybridized carbons (Fsp3) is 0. The first-order valence-corrected chi connectivity index (χ1v) is 5.12. The molecule has 0 fully saturated rings. The molecule has 3 aromatic rings. The monoisotopic (exact) mass is 265 g/mol. The van der Waals surface area contributed by atoms with Gasteiger partial charge in [-0.3, -0.25) is 4.98 Å². The molecule has 0 bridgehead atoms. The molecule has 5 heteroatoms. The second-order valence-electron chi connectivity index (χ2n) is 3.20. The van der Waals surface area contributed by atoms with Crippen molar-refractivity contribution in [3.8, 4) is 0 Å². The average molecular weight is 266 g/mol. The minimum atomic E-state index is -0.492. The van der Waals surface area contributed by atoms with Gasteiger partial charge in [0.25, 0.3) is 0 Å². The maximum atomic E-state index is 13.5. The largest absolute Gasteiger partial charge is 0.353 e. The van der Waals surface area contributed by atoms with Crippen LogP contribution < -0.4 is 0 Å². The Balaban J connectivity index is 2.59. The summed E-state index contributed by atoms with van der Waals surface area (Å²) in [5.74, 6) is -0.492. The number of fused-ring (bicyclic) bond motifs is 3. The van der Waals surface area contributed by atoms with E-state index >= 15 is 0 Å². The number of hydrogen-bond donors (Lipinski definition) is 1. The minimum Gasteiger partial charge on any atom is -0.353 e. The molecule has 0 saturated carbocycles. The third kappa shape index (κ3) is 1.23. The molecule has 0 aliphatic heterocycles. The standard InChI is InChI=1S/C10H5BrFN3/c11-5-3-7-9(14-4-5)8-6(15-7)1-2-13-10(8)12/h1-4,15H. The van der Waals surface area contributed by atoms with Crippen molar-refractivity contribution in [3.63, 3.8) is 0 Å². The molecular formula is C10H5BrFN3. The van der Waals surface area contributed by atoms with Gasteiger partial charge in [-0.15, -0.1) is 0 Å².